The van der Waals surface area contributed by atoms with Crippen LogP contribution in [0.25, 0.3) is 16.6 Å². The van der Waals surface area contributed by atoms with Gasteiger partial charge in [0, 0.05) is 25.7 Å². The summed E-state index contributed by atoms with van der Waals surface area (Å²) in [6.07, 6.45) is 2.81. The molecule has 3 rings (SSSR count). The fourth-order valence-corrected chi connectivity index (χ4v) is 2.72. The lowest BCUT2D eigenvalue weighted by Crippen LogP contribution is -2.28. The Hall–Kier alpha value is -2.63. The molecule has 2 aromatic heterocycles. The molecule has 2 heterocycles. The quantitative estimate of drug-likeness (QED) is 0.785. The van der Waals surface area contributed by atoms with E-state index in [4.69, 9.17) is 0 Å². The number of aromatic nitrogens is 2. The molecule has 120 valence electrons. The largest absolute Gasteiger partial charge is 0.356 e. The van der Waals surface area contributed by atoms with Gasteiger partial charge in [-0.05, 0) is 36.8 Å². The van der Waals surface area contributed by atoms with Crippen molar-refractivity contribution in [2.24, 2.45) is 0 Å². The number of hydrogen-bond donors (Lipinski definition) is 1. The maximum atomic E-state index is 13.6. The molecule has 0 fully saturated rings. The number of benzene rings is 1. The summed E-state index contributed by atoms with van der Waals surface area (Å²) in [5.41, 5.74) is 1.51. The lowest BCUT2D eigenvalue weighted by atomic mass is 10.2. The first-order valence-electron chi connectivity index (χ1n) is 7.67. The summed E-state index contributed by atoms with van der Waals surface area (Å²) in [5, 5.41) is 2.78. The molecule has 0 radical (unpaired) electrons. The topological polar surface area (TPSA) is 55.5 Å². The van der Waals surface area contributed by atoms with Crippen molar-refractivity contribution in [2.75, 3.05) is 6.54 Å². The highest BCUT2D eigenvalue weighted by molar-refractivity contribution is 5.80. The molecule has 0 saturated heterocycles. The van der Waals surface area contributed by atoms with Crippen LogP contribution in [0.4, 0.5) is 4.39 Å². The normalized spacial score (nSPS) is 11.2. The second kappa shape index (κ2) is 6.24. The minimum absolute atomic E-state index is 0.112. The van der Waals surface area contributed by atoms with Gasteiger partial charge < -0.3 is 14.3 Å². The van der Waals surface area contributed by atoms with Crippen LogP contribution in [0.2, 0.25) is 0 Å². The number of hydrogen-bond acceptors (Lipinski definition) is 2. The third kappa shape index (κ3) is 2.84. The van der Waals surface area contributed by atoms with Gasteiger partial charge >= 0.3 is 0 Å². The lowest BCUT2D eigenvalue weighted by Gasteiger charge is -2.12. The first kappa shape index (κ1) is 15.3. The molecular formula is C17H18FN3O2. The molecule has 0 aliphatic carbocycles. The highest BCUT2D eigenvalue weighted by Gasteiger charge is 2.12. The molecule has 5 nitrogen and oxygen atoms in total. The second-order valence-corrected chi connectivity index (χ2v) is 5.45. The van der Waals surface area contributed by atoms with Crippen LogP contribution < -0.4 is 10.9 Å². The number of carbonyl (C=O) groups excluding carboxylic acids is 1. The van der Waals surface area contributed by atoms with Crippen molar-refractivity contribution in [1.29, 1.82) is 0 Å². The first-order valence-corrected chi connectivity index (χ1v) is 7.67. The number of fused-ring (bicyclic) bond motifs is 3. The molecule has 1 N–H and O–H groups in total. The number of carbonyl (C=O) groups is 1. The van der Waals surface area contributed by atoms with Gasteiger partial charge in [0.05, 0.1) is 11.0 Å². The van der Waals surface area contributed by atoms with E-state index in [2.05, 4.69) is 5.32 Å². The second-order valence-electron chi connectivity index (χ2n) is 5.45. The van der Waals surface area contributed by atoms with Gasteiger partial charge in [0.15, 0.2) is 0 Å². The Bertz CT molecular complexity index is 927. The van der Waals surface area contributed by atoms with Gasteiger partial charge in [-0.15, -0.1) is 0 Å². The maximum Gasteiger partial charge on any atom is 0.275 e. The van der Waals surface area contributed by atoms with Crippen LogP contribution in [0, 0.1) is 5.82 Å². The minimum Gasteiger partial charge on any atom is -0.356 e. The van der Waals surface area contributed by atoms with E-state index in [1.54, 1.807) is 28.8 Å². The van der Waals surface area contributed by atoms with Crippen LogP contribution in [-0.2, 0) is 11.3 Å². The fraction of sp³-hybridized carbons (Fsp3) is 0.294. The number of nitrogens with one attached hydrogen (secondary N) is 1. The Balaban J connectivity index is 2.06. The molecule has 0 atom stereocenters. The predicted molar refractivity (Wildman–Crippen MR) is 87.0 cm³/mol. The lowest BCUT2D eigenvalue weighted by molar-refractivity contribution is -0.121. The van der Waals surface area contributed by atoms with Crippen molar-refractivity contribution in [1.82, 2.24) is 14.3 Å². The number of aryl methyl sites for hydroxylation is 1. The summed E-state index contributed by atoms with van der Waals surface area (Å²) in [7, 11) is 0. The van der Waals surface area contributed by atoms with Gasteiger partial charge in [-0.3, -0.25) is 9.59 Å². The molecule has 6 heteroatoms. The van der Waals surface area contributed by atoms with Crippen molar-refractivity contribution in [2.45, 2.75) is 26.3 Å². The SMILES string of the molecule is CCCNC(=O)CCn1c(=O)c2cccn2c2ccc(F)cc21. The van der Waals surface area contributed by atoms with Crippen molar-refractivity contribution >= 4 is 22.5 Å². The molecule has 0 unspecified atom stereocenters. The Morgan fingerprint density at radius 2 is 2.04 bits per heavy atom. The zero-order chi connectivity index (χ0) is 16.4. The highest BCUT2D eigenvalue weighted by Crippen LogP contribution is 2.17. The van der Waals surface area contributed by atoms with Crippen LogP contribution >= 0.6 is 0 Å². The Kier molecular flexibility index (Phi) is 4.14. The number of nitrogens with zero attached hydrogens (tertiary/aromatic N) is 2. The van der Waals surface area contributed by atoms with Crippen LogP contribution in [0.1, 0.15) is 19.8 Å². The van der Waals surface area contributed by atoms with E-state index >= 15 is 0 Å². The van der Waals surface area contributed by atoms with Gasteiger partial charge in [-0.25, -0.2) is 4.39 Å². The van der Waals surface area contributed by atoms with Crippen molar-refractivity contribution in [3.63, 3.8) is 0 Å². The maximum absolute atomic E-state index is 13.6. The van der Waals surface area contributed by atoms with Crippen molar-refractivity contribution in [3.05, 3.63) is 52.7 Å². The standard InChI is InChI=1S/C17H18FN3O2/c1-2-8-19-16(22)7-10-21-15-11-12(18)5-6-13(15)20-9-3-4-14(20)17(21)23/h3-6,9,11H,2,7-8,10H2,1H3,(H,19,22). The summed E-state index contributed by atoms with van der Waals surface area (Å²) in [6, 6.07) is 7.84. The molecule has 1 amide bonds. The van der Waals surface area contributed by atoms with Crippen molar-refractivity contribution < 1.29 is 9.18 Å². The minimum atomic E-state index is -0.410. The number of rotatable bonds is 5. The molecule has 0 saturated carbocycles. The molecule has 3 aromatic rings. The summed E-state index contributed by atoms with van der Waals surface area (Å²) in [5.74, 6) is -0.522. The van der Waals surface area contributed by atoms with E-state index in [1.165, 1.54) is 16.7 Å². The summed E-state index contributed by atoms with van der Waals surface area (Å²) < 4.78 is 16.8. The molecule has 0 spiro atoms. The van der Waals surface area contributed by atoms with E-state index in [9.17, 15) is 14.0 Å². The van der Waals surface area contributed by atoms with E-state index in [0.717, 1.165) is 11.9 Å². The Morgan fingerprint density at radius 3 is 2.83 bits per heavy atom. The monoisotopic (exact) mass is 315 g/mol. The molecule has 0 aliphatic rings. The summed E-state index contributed by atoms with van der Waals surface area (Å²) in [6.45, 7) is 2.80. The third-order valence-electron chi connectivity index (χ3n) is 3.84. The smallest absolute Gasteiger partial charge is 0.275 e. The van der Waals surface area contributed by atoms with E-state index in [-0.39, 0.29) is 24.4 Å². The fourth-order valence-electron chi connectivity index (χ4n) is 2.72. The summed E-state index contributed by atoms with van der Waals surface area (Å²) >= 11 is 0. The predicted octanol–water partition coefficient (Wildman–Crippen LogP) is 2.31. The van der Waals surface area contributed by atoms with Gasteiger partial charge in [0.25, 0.3) is 5.56 Å². The average molecular weight is 315 g/mol. The van der Waals surface area contributed by atoms with E-state index < -0.39 is 5.82 Å². The molecule has 23 heavy (non-hydrogen) atoms. The zero-order valence-electron chi connectivity index (χ0n) is 12.9. The number of amides is 1. The third-order valence-corrected chi connectivity index (χ3v) is 3.84. The molecule has 1 aromatic carbocycles. The van der Waals surface area contributed by atoms with Gasteiger partial charge in [0.2, 0.25) is 5.91 Å². The highest BCUT2D eigenvalue weighted by atomic mass is 19.1. The van der Waals surface area contributed by atoms with Crippen LogP contribution in [0.15, 0.2) is 41.3 Å². The zero-order valence-corrected chi connectivity index (χ0v) is 12.9. The van der Waals surface area contributed by atoms with Crippen LogP contribution in [0.3, 0.4) is 0 Å². The van der Waals surface area contributed by atoms with Crippen LogP contribution in [-0.4, -0.2) is 21.4 Å². The van der Waals surface area contributed by atoms with E-state index in [0.29, 0.717) is 17.6 Å². The van der Waals surface area contributed by atoms with Gasteiger partial charge in [0.1, 0.15) is 11.3 Å². The van der Waals surface area contributed by atoms with Crippen LogP contribution in [0.5, 0.6) is 0 Å². The van der Waals surface area contributed by atoms with E-state index in [1.807, 2.05) is 6.92 Å². The molecular weight excluding hydrogens is 297 g/mol. The first-order chi connectivity index (χ1) is 11.1. The number of halogens is 1. The average Bonchev–Trinajstić information content (AvgIpc) is 3.02. The Labute approximate surface area is 132 Å². The molecule has 0 bridgehead atoms. The van der Waals surface area contributed by atoms with Gasteiger partial charge in [-0.1, -0.05) is 6.92 Å². The Morgan fingerprint density at radius 1 is 1.22 bits per heavy atom. The van der Waals surface area contributed by atoms with Gasteiger partial charge in [-0.2, -0.15) is 0 Å². The molecule has 0 aliphatic heterocycles. The summed E-state index contributed by atoms with van der Waals surface area (Å²) in [4.78, 5) is 24.4. The van der Waals surface area contributed by atoms with Crippen molar-refractivity contribution in [3.8, 4) is 0 Å².